The molecule has 3 fully saturated rings. The Morgan fingerprint density at radius 1 is 1.32 bits per heavy atom. The van der Waals surface area contributed by atoms with E-state index in [9.17, 15) is 14.0 Å². The number of halogens is 1. The van der Waals surface area contributed by atoms with Crippen molar-refractivity contribution in [2.24, 2.45) is 11.3 Å². The molecule has 0 saturated heterocycles. The fraction of sp³-hybridized carbons (Fsp3) is 0.857. The minimum Gasteiger partial charge on any atom is -0.481 e. The molecule has 3 saturated carbocycles. The minimum absolute atomic E-state index is 0.200. The van der Waals surface area contributed by atoms with Gasteiger partial charge in [-0.3, -0.25) is 9.59 Å². The van der Waals surface area contributed by atoms with Crippen LogP contribution in [0.2, 0.25) is 0 Å². The van der Waals surface area contributed by atoms with E-state index in [4.69, 9.17) is 9.84 Å². The normalized spacial score (nSPS) is 39.3. The van der Waals surface area contributed by atoms with Crippen LogP contribution in [0.3, 0.4) is 0 Å². The van der Waals surface area contributed by atoms with Gasteiger partial charge in [-0.1, -0.05) is 13.8 Å². The van der Waals surface area contributed by atoms with Crippen LogP contribution in [-0.2, 0) is 14.3 Å². The van der Waals surface area contributed by atoms with Crippen LogP contribution in [0, 0.1) is 11.3 Å². The van der Waals surface area contributed by atoms with Crippen molar-refractivity contribution >= 4 is 11.9 Å². The number of hydrogen-bond acceptors (Lipinski definition) is 3. The van der Waals surface area contributed by atoms with Crippen LogP contribution < -0.4 is 0 Å². The van der Waals surface area contributed by atoms with Gasteiger partial charge in [-0.15, -0.1) is 0 Å². The van der Waals surface area contributed by atoms with Crippen LogP contribution in [0.5, 0.6) is 0 Å². The van der Waals surface area contributed by atoms with E-state index in [0.29, 0.717) is 18.8 Å². The smallest absolute Gasteiger partial charge is 0.307 e. The first-order valence-electron chi connectivity index (χ1n) is 6.75. The van der Waals surface area contributed by atoms with Gasteiger partial charge in [-0.05, 0) is 32.1 Å². The van der Waals surface area contributed by atoms with E-state index in [1.807, 2.05) is 13.8 Å². The van der Waals surface area contributed by atoms with Gasteiger partial charge in [-0.2, -0.15) is 0 Å². The molecule has 0 spiro atoms. The molecule has 0 heterocycles. The van der Waals surface area contributed by atoms with Crippen molar-refractivity contribution in [1.82, 2.24) is 0 Å². The lowest BCUT2D eigenvalue weighted by Crippen LogP contribution is -2.74. The molecule has 0 amide bonds. The SMILES string of the molecule is CC1(F)CCC2CC1(OC(=O)CCC(=O)O)C2(C)C. The average molecular weight is 272 g/mol. The van der Waals surface area contributed by atoms with Gasteiger partial charge in [-0.25, -0.2) is 4.39 Å². The number of carbonyl (C=O) groups is 2. The minimum atomic E-state index is -1.54. The van der Waals surface area contributed by atoms with Crippen LogP contribution >= 0.6 is 0 Å². The van der Waals surface area contributed by atoms with Crippen molar-refractivity contribution in [2.75, 3.05) is 0 Å². The van der Waals surface area contributed by atoms with Gasteiger partial charge in [0, 0.05) is 5.41 Å². The van der Waals surface area contributed by atoms with Crippen molar-refractivity contribution < 1.29 is 23.8 Å². The summed E-state index contributed by atoms with van der Waals surface area (Å²) in [6.07, 6.45) is 1.28. The number of carboxylic acid groups (broad SMARTS) is 1. The van der Waals surface area contributed by atoms with Gasteiger partial charge in [0.2, 0.25) is 0 Å². The third-order valence-electron chi connectivity index (χ3n) is 5.23. The van der Waals surface area contributed by atoms with Gasteiger partial charge in [0.1, 0.15) is 5.67 Å². The first-order valence-corrected chi connectivity index (χ1v) is 6.75. The number of carboxylic acids is 1. The zero-order chi connectivity index (χ0) is 14.5. The Morgan fingerprint density at radius 3 is 2.42 bits per heavy atom. The van der Waals surface area contributed by atoms with Gasteiger partial charge in [0.25, 0.3) is 0 Å². The maximum atomic E-state index is 14.8. The average Bonchev–Trinajstić information content (AvgIpc) is 2.28. The third-order valence-corrected chi connectivity index (χ3v) is 5.23. The van der Waals surface area contributed by atoms with E-state index in [1.165, 1.54) is 6.92 Å². The topological polar surface area (TPSA) is 63.6 Å². The van der Waals surface area contributed by atoms with E-state index in [-0.39, 0.29) is 18.3 Å². The Morgan fingerprint density at radius 2 is 1.95 bits per heavy atom. The van der Waals surface area contributed by atoms with E-state index < -0.39 is 23.2 Å². The van der Waals surface area contributed by atoms with E-state index in [0.717, 1.165) is 6.42 Å². The van der Waals surface area contributed by atoms with Gasteiger partial charge >= 0.3 is 11.9 Å². The molecular formula is C14H21FO4. The molecule has 2 bridgehead atoms. The number of rotatable bonds is 4. The summed E-state index contributed by atoms with van der Waals surface area (Å²) in [6.45, 7) is 5.36. The highest BCUT2D eigenvalue weighted by Crippen LogP contribution is 2.68. The van der Waals surface area contributed by atoms with Gasteiger partial charge in [0.15, 0.2) is 5.60 Å². The number of hydrogen-bond donors (Lipinski definition) is 1. The second kappa shape index (κ2) is 4.18. The number of carbonyl (C=O) groups excluding carboxylic acids is 1. The molecule has 3 atom stereocenters. The lowest BCUT2D eigenvalue weighted by Gasteiger charge is -2.68. The summed E-state index contributed by atoms with van der Waals surface area (Å²) in [5.74, 6) is -1.28. The maximum Gasteiger partial charge on any atom is 0.307 e. The molecule has 0 aromatic carbocycles. The molecule has 0 aromatic rings. The maximum absolute atomic E-state index is 14.8. The number of ether oxygens (including phenoxy) is 1. The highest BCUT2D eigenvalue weighted by Gasteiger charge is 2.74. The summed E-state index contributed by atoms with van der Waals surface area (Å²) in [6, 6.07) is 0. The number of esters is 1. The Labute approximate surface area is 112 Å². The summed E-state index contributed by atoms with van der Waals surface area (Å²) in [5, 5.41) is 8.57. The summed E-state index contributed by atoms with van der Waals surface area (Å²) in [4.78, 5) is 22.2. The molecule has 5 heteroatoms. The van der Waals surface area contributed by atoms with Crippen molar-refractivity contribution in [3.63, 3.8) is 0 Å². The predicted molar refractivity (Wildman–Crippen MR) is 66.3 cm³/mol. The number of aliphatic carboxylic acids is 1. The van der Waals surface area contributed by atoms with Gasteiger partial charge < -0.3 is 9.84 Å². The summed E-state index contributed by atoms with van der Waals surface area (Å²) in [7, 11) is 0. The molecule has 0 radical (unpaired) electrons. The Kier molecular flexibility index (Phi) is 3.14. The molecule has 19 heavy (non-hydrogen) atoms. The Hall–Kier alpha value is -1.13. The molecular weight excluding hydrogens is 251 g/mol. The Balaban J connectivity index is 2.12. The molecule has 3 rings (SSSR count). The molecule has 3 aliphatic rings. The van der Waals surface area contributed by atoms with Gasteiger partial charge in [0.05, 0.1) is 12.8 Å². The lowest BCUT2D eigenvalue weighted by molar-refractivity contribution is -0.300. The van der Waals surface area contributed by atoms with E-state index >= 15 is 0 Å². The fourth-order valence-corrected chi connectivity index (χ4v) is 3.79. The highest BCUT2D eigenvalue weighted by molar-refractivity contribution is 5.77. The number of alkyl halides is 1. The zero-order valence-electron chi connectivity index (χ0n) is 11.7. The van der Waals surface area contributed by atoms with E-state index in [1.54, 1.807) is 0 Å². The largest absolute Gasteiger partial charge is 0.481 e. The van der Waals surface area contributed by atoms with Crippen molar-refractivity contribution in [3.8, 4) is 0 Å². The monoisotopic (exact) mass is 272 g/mol. The summed E-state index contributed by atoms with van der Waals surface area (Å²) < 4.78 is 20.3. The van der Waals surface area contributed by atoms with Crippen LogP contribution in [0.25, 0.3) is 0 Å². The van der Waals surface area contributed by atoms with Crippen LogP contribution in [0.1, 0.15) is 52.9 Å². The van der Waals surface area contributed by atoms with E-state index in [2.05, 4.69) is 0 Å². The Bertz CT molecular complexity index is 406. The van der Waals surface area contributed by atoms with Crippen LogP contribution in [0.15, 0.2) is 0 Å². The quantitative estimate of drug-likeness (QED) is 0.799. The standard InChI is InChI=1S/C14H21FO4/c1-12(2)9-6-7-13(3,15)14(12,8-9)19-11(18)5-4-10(16)17/h9H,4-8H2,1-3H3,(H,16,17). The fourth-order valence-electron chi connectivity index (χ4n) is 3.79. The predicted octanol–water partition coefficient (Wildman–Crippen LogP) is 2.70. The number of fused-ring (bicyclic) bond motifs is 2. The van der Waals surface area contributed by atoms with Crippen molar-refractivity contribution in [1.29, 1.82) is 0 Å². The molecule has 108 valence electrons. The molecule has 3 unspecified atom stereocenters. The summed E-state index contributed by atoms with van der Waals surface area (Å²) >= 11 is 0. The first-order chi connectivity index (χ1) is 8.62. The lowest BCUT2D eigenvalue weighted by atomic mass is 9.41. The highest BCUT2D eigenvalue weighted by atomic mass is 19.1. The first kappa shape index (κ1) is 14.3. The molecule has 0 aromatic heterocycles. The molecule has 0 aliphatic heterocycles. The van der Waals surface area contributed by atoms with Crippen LogP contribution in [-0.4, -0.2) is 28.3 Å². The molecule has 4 nitrogen and oxygen atoms in total. The summed E-state index contributed by atoms with van der Waals surface area (Å²) in [5.41, 5.74) is -3.00. The second-order valence-electron chi connectivity index (χ2n) is 6.55. The second-order valence-corrected chi connectivity index (χ2v) is 6.55. The molecule has 1 N–H and O–H groups in total. The third kappa shape index (κ3) is 1.94. The molecule has 3 aliphatic carbocycles. The van der Waals surface area contributed by atoms with Crippen molar-refractivity contribution in [3.05, 3.63) is 0 Å². The van der Waals surface area contributed by atoms with Crippen molar-refractivity contribution in [2.45, 2.75) is 64.1 Å². The zero-order valence-corrected chi connectivity index (χ0v) is 11.7. The van der Waals surface area contributed by atoms with Crippen LogP contribution in [0.4, 0.5) is 4.39 Å².